The van der Waals surface area contributed by atoms with Crippen molar-refractivity contribution in [1.82, 2.24) is 15.1 Å². The molecule has 196 valence electrons. The molecule has 3 heterocycles. The average Bonchev–Trinajstić information content (AvgIpc) is 3.47. The van der Waals surface area contributed by atoms with Gasteiger partial charge in [0, 0.05) is 22.5 Å². The monoisotopic (exact) mass is 544 g/mol. The van der Waals surface area contributed by atoms with E-state index in [1.807, 2.05) is 29.8 Å². The first-order valence-electron chi connectivity index (χ1n) is 12.9. The van der Waals surface area contributed by atoms with Crippen molar-refractivity contribution >= 4 is 40.7 Å². The van der Waals surface area contributed by atoms with Crippen LogP contribution in [0.2, 0.25) is 0 Å². The number of carbonyl (C=O) groups is 2. The number of carbonyl (C=O) groups excluding carboxylic acids is 2. The van der Waals surface area contributed by atoms with Crippen LogP contribution in [0.5, 0.6) is 0 Å². The van der Waals surface area contributed by atoms with E-state index < -0.39 is 0 Å². The molecule has 2 amide bonds. The molecule has 1 aliphatic heterocycles. The molecule has 6 nitrogen and oxygen atoms in total. The minimum absolute atomic E-state index is 0.0482. The molecule has 38 heavy (non-hydrogen) atoms. The van der Waals surface area contributed by atoms with Crippen molar-refractivity contribution in [2.75, 3.05) is 23.7 Å². The number of benzene rings is 2. The highest BCUT2D eigenvalue weighted by atomic mass is 32.2. The number of hydrogen-bond acceptors (Lipinski definition) is 5. The zero-order valence-electron chi connectivity index (χ0n) is 22.2. The molecular formula is C30H32N4O2S2. The fourth-order valence-corrected chi connectivity index (χ4v) is 7.33. The maximum atomic E-state index is 13.7. The minimum atomic E-state index is -0.170. The van der Waals surface area contributed by atoms with Gasteiger partial charge in [-0.15, -0.1) is 23.1 Å². The maximum Gasteiger partial charge on any atom is 0.240 e. The molecule has 0 saturated carbocycles. The number of nitrogens with one attached hydrogen (secondary N) is 1. The Morgan fingerprint density at radius 3 is 2.55 bits per heavy atom. The number of thioether (sulfide) groups is 1. The van der Waals surface area contributed by atoms with Crippen molar-refractivity contribution in [3.8, 4) is 16.9 Å². The maximum absolute atomic E-state index is 13.7. The first-order chi connectivity index (χ1) is 18.4. The fourth-order valence-electron chi connectivity index (χ4n) is 4.86. The van der Waals surface area contributed by atoms with E-state index in [9.17, 15) is 9.59 Å². The van der Waals surface area contributed by atoms with Crippen molar-refractivity contribution < 1.29 is 9.59 Å². The Kier molecular flexibility index (Phi) is 7.72. The van der Waals surface area contributed by atoms with Gasteiger partial charge in [0.25, 0.3) is 0 Å². The number of thiophene rings is 1. The van der Waals surface area contributed by atoms with Crippen LogP contribution < -0.4 is 10.2 Å². The highest BCUT2D eigenvalue weighted by Crippen LogP contribution is 2.50. The predicted octanol–water partition coefficient (Wildman–Crippen LogP) is 6.22. The first-order valence-corrected chi connectivity index (χ1v) is 14.8. The molecule has 2 aromatic carbocycles. The molecular weight excluding hydrogens is 512 g/mol. The largest absolute Gasteiger partial charge is 0.355 e. The van der Waals surface area contributed by atoms with Crippen LogP contribution >= 0.6 is 23.1 Å². The second kappa shape index (κ2) is 11.2. The molecule has 1 unspecified atom stereocenters. The van der Waals surface area contributed by atoms with Gasteiger partial charge in [-0.25, -0.2) is 4.68 Å². The number of nitrogens with zero attached hydrogens (tertiary/aromatic N) is 3. The minimum Gasteiger partial charge on any atom is -0.355 e. The lowest BCUT2D eigenvalue weighted by Crippen LogP contribution is -2.42. The van der Waals surface area contributed by atoms with Crippen LogP contribution in [0.3, 0.4) is 0 Å². The third-order valence-corrected chi connectivity index (χ3v) is 9.18. The number of hydrogen-bond donors (Lipinski definition) is 1. The van der Waals surface area contributed by atoms with E-state index in [-0.39, 0.29) is 29.4 Å². The van der Waals surface area contributed by atoms with Crippen molar-refractivity contribution in [2.45, 2.75) is 39.4 Å². The van der Waals surface area contributed by atoms with E-state index in [0.29, 0.717) is 12.4 Å². The summed E-state index contributed by atoms with van der Waals surface area (Å²) in [4.78, 5) is 29.6. The summed E-state index contributed by atoms with van der Waals surface area (Å²) in [7, 11) is 0. The second-order valence-electron chi connectivity index (χ2n) is 9.64. The molecule has 1 atom stereocenters. The smallest absolute Gasteiger partial charge is 0.240 e. The van der Waals surface area contributed by atoms with E-state index in [1.54, 1.807) is 28.0 Å². The van der Waals surface area contributed by atoms with Gasteiger partial charge in [-0.1, -0.05) is 55.0 Å². The van der Waals surface area contributed by atoms with Crippen LogP contribution in [0.25, 0.3) is 16.9 Å². The van der Waals surface area contributed by atoms with Gasteiger partial charge in [0.05, 0.1) is 22.4 Å². The standard InChI is InChI=1S/C30H32N4O2S2/c1-5-14-31-24(35)17-33-25(36)18-38-29(28-20(3)13-15-37-28)26-27(22-9-7-6-8-10-22)32-34(30(26)33)23-12-11-19(2)16-21(23)4/h6-13,15-16,29H,5,14,17-18H2,1-4H3,(H,31,35). The van der Waals surface area contributed by atoms with E-state index in [1.165, 1.54) is 10.4 Å². The summed E-state index contributed by atoms with van der Waals surface area (Å²) in [6.45, 7) is 8.78. The molecule has 0 fully saturated rings. The Hall–Kier alpha value is -3.36. The Balaban J connectivity index is 1.81. The Labute approximate surface area is 232 Å². The Morgan fingerprint density at radius 2 is 1.87 bits per heavy atom. The lowest BCUT2D eigenvalue weighted by molar-refractivity contribution is -0.122. The number of anilines is 1. The molecule has 0 spiro atoms. The molecule has 0 radical (unpaired) electrons. The molecule has 2 aromatic heterocycles. The normalized spacial score (nSPS) is 15.3. The zero-order chi connectivity index (χ0) is 26.8. The molecule has 8 heteroatoms. The molecule has 0 saturated heterocycles. The topological polar surface area (TPSA) is 67.2 Å². The fraction of sp³-hybridized carbons (Fsp3) is 0.300. The summed E-state index contributed by atoms with van der Waals surface area (Å²) < 4.78 is 1.89. The molecule has 4 aromatic rings. The predicted molar refractivity (Wildman–Crippen MR) is 157 cm³/mol. The molecule has 1 N–H and O–H groups in total. The summed E-state index contributed by atoms with van der Waals surface area (Å²) >= 11 is 3.32. The van der Waals surface area contributed by atoms with Gasteiger partial charge < -0.3 is 5.32 Å². The Morgan fingerprint density at radius 1 is 1.08 bits per heavy atom. The lowest BCUT2D eigenvalue weighted by atomic mass is 10.0. The third-order valence-electron chi connectivity index (χ3n) is 6.73. The summed E-state index contributed by atoms with van der Waals surface area (Å²) in [5.41, 5.74) is 7.09. The number of aromatic nitrogens is 2. The van der Waals surface area contributed by atoms with Crippen LogP contribution in [0.1, 0.15) is 45.7 Å². The molecule has 0 aliphatic carbocycles. The van der Waals surface area contributed by atoms with Gasteiger partial charge in [-0.3, -0.25) is 14.5 Å². The van der Waals surface area contributed by atoms with E-state index in [0.717, 1.165) is 40.1 Å². The number of aryl methyl sites for hydroxylation is 3. The van der Waals surface area contributed by atoms with Gasteiger partial charge in [0.2, 0.25) is 11.8 Å². The van der Waals surface area contributed by atoms with Gasteiger partial charge in [-0.2, -0.15) is 5.10 Å². The van der Waals surface area contributed by atoms with Crippen LogP contribution in [-0.2, 0) is 9.59 Å². The van der Waals surface area contributed by atoms with Crippen molar-refractivity contribution in [1.29, 1.82) is 0 Å². The van der Waals surface area contributed by atoms with E-state index in [4.69, 9.17) is 5.10 Å². The van der Waals surface area contributed by atoms with Crippen molar-refractivity contribution in [2.24, 2.45) is 0 Å². The summed E-state index contributed by atoms with van der Waals surface area (Å²) in [5.74, 6) is 0.690. The molecule has 0 bridgehead atoms. The quantitative estimate of drug-likeness (QED) is 0.300. The third kappa shape index (κ3) is 5.02. The van der Waals surface area contributed by atoms with Crippen LogP contribution in [0.4, 0.5) is 5.82 Å². The number of rotatable bonds is 7. The van der Waals surface area contributed by atoms with Gasteiger partial charge in [0.15, 0.2) is 0 Å². The Bertz CT molecular complexity index is 1470. The van der Waals surface area contributed by atoms with E-state index >= 15 is 0 Å². The van der Waals surface area contributed by atoms with E-state index in [2.05, 4.69) is 67.9 Å². The highest BCUT2D eigenvalue weighted by Gasteiger charge is 2.38. The summed E-state index contributed by atoms with van der Waals surface area (Å²) in [6, 6.07) is 18.5. The summed E-state index contributed by atoms with van der Waals surface area (Å²) in [6.07, 6.45) is 0.833. The molecule has 1 aliphatic rings. The van der Waals surface area contributed by atoms with Crippen molar-refractivity contribution in [3.63, 3.8) is 0 Å². The summed E-state index contributed by atoms with van der Waals surface area (Å²) in [5, 5.41) is 10.2. The SMILES string of the molecule is CCCNC(=O)CN1C(=O)CSC(c2sccc2C)c2c(-c3ccccc3)nn(-c3ccc(C)cc3C)c21. The molecule has 5 rings (SSSR count). The van der Waals surface area contributed by atoms with Crippen LogP contribution in [-0.4, -0.2) is 40.4 Å². The van der Waals surface area contributed by atoms with Gasteiger partial charge >= 0.3 is 0 Å². The van der Waals surface area contributed by atoms with Crippen molar-refractivity contribution in [3.05, 3.63) is 87.1 Å². The highest BCUT2D eigenvalue weighted by molar-refractivity contribution is 8.00. The van der Waals surface area contributed by atoms with Gasteiger partial charge in [-0.05, 0) is 55.8 Å². The van der Waals surface area contributed by atoms with Crippen LogP contribution in [0.15, 0.2) is 60.0 Å². The van der Waals surface area contributed by atoms with Gasteiger partial charge in [0.1, 0.15) is 12.4 Å². The zero-order valence-corrected chi connectivity index (χ0v) is 23.8. The van der Waals surface area contributed by atoms with Crippen LogP contribution in [0, 0.1) is 20.8 Å². The number of amides is 2. The first kappa shape index (κ1) is 26.3. The average molecular weight is 545 g/mol. The number of fused-ring (bicyclic) bond motifs is 1. The second-order valence-corrected chi connectivity index (χ2v) is 11.7. The lowest BCUT2D eigenvalue weighted by Gasteiger charge is -2.23.